The Morgan fingerprint density at radius 2 is 2.11 bits per heavy atom. The van der Waals surface area contributed by atoms with E-state index >= 15 is 0 Å². The van der Waals surface area contributed by atoms with Crippen molar-refractivity contribution >= 4 is 5.91 Å². The molecule has 1 aliphatic heterocycles. The first-order chi connectivity index (χ1) is 8.94. The van der Waals surface area contributed by atoms with E-state index in [1.54, 1.807) is 17.0 Å². The number of halogens is 1. The summed E-state index contributed by atoms with van der Waals surface area (Å²) in [6.07, 6.45) is 2.04. The maximum Gasteiger partial charge on any atom is 0.225 e. The van der Waals surface area contributed by atoms with E-state index in [4.69, 9.17) is 0 Å². The number of nitrogens with zero attached hydrogens (tertiary/aromatic N) is 2. The molecule has 4 nitrogen and oxygen atoms in total. The van der Waals surface area contributed by atoms with Crippen LogP contribution in [-0.2, 0) is 10.4 Å². The Morgan fingerprint density at radius 3 is 2.63 bits per heavy atom. The SMILES string of the molecule is CC(C)C(=O)N1CCC(O)(c2cccnc2F)CC1. The lowest BCUT2D eigenvalue weighted by atomic mass is 9.85. The number of pyridine rings is 1. The molecule has 0 unspecified atom stereocenters. The first-order valence-corrected chi connectivity index (χ1v) is 6.56. The van der Waals surface area contributed by atoms with Gasteiger partial charge in [0.05, 0.1) is 5.60 Å². The summed E-state index contributed by atoms with van der Waals surface area (Å²) in [5.41, 5.74) is -0.988. The van der Waals surface area contributed by atoms with Gasteiger partial charge in [-0.25, -0.2) is 4.98 Å². The second-order valence-corrected chi connectivity index (χ2v) is 5.35. The number of likely N-dealkylation sites (tertiary alicyclic amines) is 1. The van der Waals surface area contributed by atoms with Crippen LogP contribution in [0.4, 0.5) is 4.39 Å². The van der Waals surface area contributed by atoms with E-state index in [-0.39, 0.29) is 17.4 Å². The minimum Gasteiger partial charge on any atom is -0.385 e. The average Bonchev–Trinajstić information content (AvgIpc) is 2.39. The number of hydrogen-bond acceptors (Lipinski definition) is 3. The summed E-state index contributed by atoms with van der Waals surface area (Å²) in [5.74, 6) is -0.608. The second-order valence-electron chi connectivity index (χ2n) is 5.35. The van der Waals surface area contributed by atoms with Gasteiger partial charge in [-0.05, 0) is 18.9 Å². The summed E-state index contributed by atoms with van der Waals surface area (Å²) < 4.78 is 13.7. The zero-order chi connectivity index (χ0) is 14.0. The fourth-order valence-electron chi connectivity index (χ4n) is 2.46. The van der Waals surface area contributed by atoms with Crippen LogP contribution >= 0.6 is 0 Å². The Hall–Kier alpha value is -1.49. The molecular formula is C14H19FN2O2. The molecule has 0 aromatic carbocycles. The lowest BCUT2D eigenvalue weighted by Crippen LogP contribution is -2.46. The van der Waals surface area contributed by atoms with Gasteiger partial charge in [0.25, 0.3) is 0 Å². The van der Waals surface area contributed by atoms with Crippen LogP contribution in [-0.4, -0.2) is 34.0 Å². The molecule has 0 saturated carbocycles. The number of hydrogen-bond donors (Lipinski definition) is 1. The molecule has 2 heterocycles. The van der Waals surface area contributed by atoms with E-state index in [1.165, 1.54) is 6.20 Å². The summed E-state index contributed by atoms with van der Waals surface area (Å²) >= 11 is 0. The minimum absolute atomic E-state index is 0.0543. The summed E-state index contributed by atoms with van der Waals surface area (Å²) in [4.78, 5) is 17.2. The van der Waals surface area contributed by atoms with Crippen LogP contribution in [0, 0.1) is 11.9 Å². The molecule has 1 aromatic rings. The molecule has 5 heteroatoms. The largest absolute Gasteiger partial charge is 0.385 e. The summed E-state index contributed by atoms with van der Waals surface area (Å²) in [6, 6.07) is 3.17. The standard InChI is InChI=1S/C14H19FN2O2/c1-10(2)13(18)17-8-5-14(19,6-9-17)11-4-3-7-16-12(11)15/h3-4,7,10,19H,5-6,8-9H2,1-2H3. The maximum atomic E-state index is 13.7. The van der Waals surface area contributed by atoms with E-state index in [2.05, 4.69) is 4.98 Å². The molecule has 1 N–H and O–H groups in total. The Balaban J connectivity index is 2.11. The molecule has 1 aliphatic rings. The van der Waals surface area contributed by atoms with Gasteiger partial charge >= 0.3 is 0 Å². The highest BCUT2D eigenvalue weighted by Gasteiger charge is 2.37. The van der Waals surface area contributed by atoms with Gasteiger partial charge in [-0.3, -0.25) is 4.79 Å². The van der Waals surface area contributed by atoms with Gasteiger partial charge in [-0.2, -0.15) is 4.39 Å². The first kappa shape index (κ1) is 13.9. The van der Waals surface area contributed by atoms with Gasteiger partial charge in [-0.1, -0.05) is 19.9 Å². The monoisotopic (exact) mass is 266 g/mol. The topological polar surface area (TPSA) is 53.4 Å². The van der Waals surface area contributed by atoms with E-state index in [0.29, 0.717) is 25.9 Å². The number of amides is 1. The number of carbonyl (C=O) groups is 1. The molecule has 0 radical (unpaired) electrons. The molecule has 0 bridgehead atoms. The molecule has 0 atom stereocenters. The van der Waals surface area contributed by atoms with Crippen molar-refractivity contribution in [1.29, 1.82) is 0 Å². The Labute approximate surface area is 112 Å². The fraction of sp³-hybridized carbons (Fsp3) is 0.571. The first-order valence-electron chi connectivity index (χ1n) is 6.56. The average molecular weight is 266 g/mol. The molecule has 2 rings (SSSR count). The van der Waals surface area contributed by atoms with Crippen molar-refractivity contribution in [2.75, 3.05) is 13.1 Å². The molecule has 1 aromatic heterocycles. The molecule has 19 heavy (non-hydrogen) atoms. The van der Waals surface area contributed by atoms with E-state index in [0.717, 1.165) is 0 Å². The van der Waals surface area contributed by atoms with Crippen molar-refractivity contribution in [3.05, 3.63) is 29.8 Å². The zero-order valence-corrected chi connectivity index (χ0v) is 11.3. The Kier molecular flexibility index (Phi) is 3.85. The van der Waals surface area contributed by atoms with Crippen LogP contribution in [0.2, 0.25) is 0 Å². The van der Waals surface area contributed by atoms with Crippen molar-refractivity contribution in [3.63, 3.8) is 0 Å². The number of piperidine rings is 1. The molecule has 104 valence electrons. The lowest BCUT2D eigenvalue weighted by molar-refractivity contribution is -0.139. The molecule has 0 spiro atoms. The third kappa shape index (κ3) is 2.76. The van der Waals surface area contributed by atoms with E-state index < -0.39 is 11.5 Å². The third-order valence-corrected chi connectivity index (χ3v) is 3.66. The zero-order valence-electron chi connectivity index (χ0n) is 11.3. The van der Waals surface area contributed by atoms with Crippen LogP contribution in [0.25, 0.3) is 0 Å². The number of aliphatic hydroxyl groups is 1. The van der Waals surface area contributed by atoms with Crippen molar-refractivity contribution in [1.82, 2.24) is 9.88 Å². The van der Waals surface area contributed by atoms with Gasteiger partial charge in [0.15, 0.2) is 0 Å². The summed E-state index contributed by atoms with van der Waals surface area (Å²) in [6.45, 7) is 4.59. The van der Waals surface area contributed by atoms with Gasteiger partial charge < -0.3 is 10.0 Å². The summed E-state index contributed by atoms with van der Waals surface area (Å²) in [5, 5.41) is 10.5. The van der Waals surface area contributed by atoms with Crippen molar-refractivity contribution in [3.8, 4) is 0 Å². The molecule has 1 fully saturated rings. The van der Waals surface area contributed by atoms with Gasteiger partial charge in [0.1, 0.15) is 0 Å². The second kappa shape index (κ2) is 5.25. The van der Waals surface area contributed by atoms with Crippen LogP contribution in [0.15, 0.2) is 18.3 Å². The van der Waals surface area contributed by atoms with Crippen molar-refractivity contribution < 1.29 is 14.3 Å². The van der Waals surface area contributed by atoms with Crippen LogP contribution in [0.5, 0.6) is 0 Å². The van der Waals surface area contributed by atoms with Gasteiger partial charge in [0.2, 0.25) is 11.9 Å². The Bertz CT molecular complexity index is 468. The van der Waals surface area contributed by atoms with Crippen LogP contribution < -0.4 is 0 Å². The molecule has 1 saturated heterocycles. The smallest absolute Gasteiger partial charge is 0.225 e. The highest BCUT2D eigenvalue weighted by Crippen LogP contribution is 2.33. The molecular weight excluding hydrogens is 247 g/mol. The Morgan fingerprint density at radius 1 is 1.47 bits per heavy atom. The third-order valence-electron chi connectivity index (χ3n) is 3.66. The van der Waals surface area contributed by atoms with Crippen molar-refractivity contribution in [2.45, 2.75) is 32.3 Å². The molecule has 0 aliphatic carbocycles. The van der Waals surface area contributed by atoms with E-state index in [9.17, 15) is 14.3 Å². The lowest BCUT2D eigenvalue weighted by Gasteiger charge is -2.39. The summed E-state index contributed by atoms with van der Waals surface area (Å²) in [7, 11) is 0. The van der Waals surface area contributed by atoms with Crippen LogP contribution in [0.1, 0.15) is 32.3 Å². The minimum atomic E-state index is -1.22. The molecule has 1 amide bonds. The predicted molar refractivity (Wildman–Crippen MR) is 68.7 cm³/mol. The highest BCUT2D eigenvalue weighted by atomic mass is 19.1. The number of rotatable bonds is 2. The van der Waals surface area contributed by atoms with E-state index in [1.807, 2.05) is 13.8 Å². The van der Waals surface area contributed by atoms with Gasteiger partial charge in [-0.15, -0.1) is 0 Å². The van der Waals surface area contributed by atoms with Gasteiger partial charge in [0, 0.05) is 30.8 Å². The number of carbonyl (C=O) groups excluding carboxylic acids is 1. The predicted octanol–water partition coefficient (Wildman–Crippen LogP) is 1.69. The highest BCUT2D eigenvalue weighted by molar-refractivity contribution is 5.78. The quantitative estimate of drug-likeness (QED) is 0.829. The fourth-order valence-corrected chi connectivity index (χ4v) is 2.46. The normalized spacial score (nSPS) is 18.7. The van der Waals surface area contributed by atoms with Crippen LogP contribution in [0.3, 0.4) is 0 Å². The van der Waals surface area contributed by atoms with Crippen molar-refractivity contribution in [2.24, 2.45) is 5.92 Å². The maximum absolute atomic E-state index is 13.7. The number of aromatic nitrogens is 1.